The molecule has 0 bridgehead atoms. The molecule has 0 fully saturated rings. The third-order valence-corrected chi connectivity index (χ3v) is 3.34. The lowest BCUT2D eigenvalue weighted by Crippen LogP contribution is -2.16. The lowest BCUT2D eigenvalue weighted by molar-refractivity contribution is 0.543. The third kappa shape index (κ3) is 3.10. The Balaban J connectivity index is 3.11. The Morgan fingerprint density at radius 2 is 1.69 bits per heavy atom. The van der Waals surface area contributed by atoms with Crippen LogP contribution in [-0.2, 0) is 5.41 Å². The molecule has 0 aliphatic carbocycles. The van der Waals surface area contributed by atoms with Gasteiger partial charge in [0.05, 0.1) is 0 Å². The van der Waals surface area contributed by atoms with E-state index in [1.165, 1.54) is 24.8 Å². The summed E-state index contributed by atoms with van der Waals surface area (Å²) in [6, 6.07) is 8.98. The van der Waals surface area contributed by atoms with Crippen LogP contribution >= 0.6 is 0 Å². The Labute approximate surface area is 101 Å². The van der Waals surface area contributed by atoms with Crippen molar-refractivity contribution in [2.24, 2.45) is 0 Å². The first kappa shape index (κ1) is 13.3. The number of hydrogen-bond donors (Lipinski definition) is 0. The summed E-state index contributed by atoms with van der Waals surface area (Å²) < 4.78 is 0. The van der Waals surface area contributed by atoms with Gasteiger partial charge in [0.2, 0.25) is 0 Å². The van der Waals surface area contributed by atoms with E-state index in [-0.39, 0.29) is 5.41 Å². The zero-order valence-corrected chi connectivity index (χ0v) is 11.5. The minimum absolute atomic E-state index is 0.262. The summed E-state index contributed by atoms with van der Waals surface area (Å²) in [5.74, 6) is 0.737. The Bertz CT molecular complexity index is 317. The lowest BCUT2D eigenvalue weighted by Gasteiger charge is -2.27. The van der Waals surface area contributed by atoms with Gasteiger partial charge in [0.1, 0.15) is 0 Å². The summed E-state index contributed by atoms with van der Waals surface area (Å²) in [6.45, 7) is 11.5. The molecule has 0 N–H and O–H groups in total. The van der Waals surface area contributed by atoms with E-state index >= 15 is 0 Å². The van der Waals surface area contributed by atoms with Crippen molar-refractivity contribution in [2.45, 2.75) is 65.2 Å². The second-order valence-electron chi connectivity index (χ2n) is 5.73. The molecule has 0 aromatic heterocycles. The molecular formula is C16H26. The van der Waals surface area contributed by atoms with Crippen LogP contribution in [0.15, 0.2) is 24.3 Å². The summed E-state index contributed by atoms with van der Waals surface area (Å²) in [5, 5.41) is 0. The second kappa shape index (κ2) is 5.52. The SMILES string of the molecule is CCC[C@H](CC)c1ccccc1C(C)(C)C. The largest absolute Gasteiger partial charge is 0.0654 e. The van der Waals surface area contributed by atoms with Gasteiger partial charge in [-0.25, -0.2) is 0 Å². The van der Waals surface area contributed by atoms with Crippen molar-refractivity contribution >= 4 is 0 Å². The topological polar surface area (TPSA) is 0 Å². The minimum Gasteiger partial charge on any atom is -0.0654 e. The molecule has 1 rings (SSSR count). The molecule has 0 unspecified atom stereocenters. The summed E-state index contributed by atoms with van der Waals surface area (Å²) in [4.78, 5) is 0. The highest BCUT2D eigenvalue weighted by Gasteiger charge is 2.20. The van der Waals surface area contributed by atoms with Crippen molar-refractivity contribution < 1.29 is 0 Å². The van der Waals surface area contributed by atoms with E-state index in [0.717, 1.165) is 5.92 Å². The standard InChI is InChI=1S/C16H26/c1-6-10-13(7-2)14-11-8-9-12-15(14)16(3,4)5/h8-9,11-13H,6-7,10H2,1-5H3/t13-/m0/s1. The molecular weight excluding hydrogens is 192 g/mol. The monoisotopic (exact) mass is 218 g/mol. The highest BCUT2D eigenvalue weighted by molar-refractivity contribution is 5.35. The van der Waals surface area contributed by atoms with E-state index in [2.05, 4.69) is 58.9 Å². The van der Waals surface area contributed by atoms with Gasteiger partial charge in [0, 0.05) is 0 Å². The van der Waals surface area contributed by atoms with Crippen molar-refractivity contribution in [2.75, 3.05) is 0 Å². The van der Waals surface area contributed by atoms with E-state index in [9.17, 15) is 0 Å². The smallest absolute Gasteiger partial charge is 0.0129 e. The molecule has 0 saturated heterocycles. The fraction of sp³-hybridized carbons (Fsp3) is 0.625. The molecule has 1 aromatic carbocycles. The van der Waals surface area contributed by atoms with Crippen molar-refractivity contribution in [1.29, 1.82) is 0 Å². The Hall–Kier alpha value is -0.780. The van der Waals surface area contributed by atoms with Crippen LogP contribution in [0, 0.1) is 0 Å². The van der Waals surface area contributed by atoms with Gasteiger partial charge in [0.15, 0.2) is 0 Å². The van der Waals surface area contributed by atoms with Gasteiger partial charge in [-0.2, -0.15) is 0 Å². The third-order valence-electron chi connectivity index (χ3n) is 3.34. The zero-order chi connectivity index (χ0) is 12.2. The molecule has 1 atom stereocenters. The van der Waals surface area contributed by atoms with Crippen molar-refractivity contribution in [3.63, 3.8) is 0 Å². The normalized spacial score (nSPS) is 13.8. The van der Waals surface area contributed by atoms with Crippen LogP contribution in [0.3, 0.4) is 0 Å². The Morgan fingerprint density at radius 3 is 2.19 bits per heavy atom. The van der Waals surface area contributed by atoms with Crippen LogP contribution in [0.5, 0.6) is 0 Å². The van der Waals surface area contributed by atoms with E-state index in [1.54, 1.807) is 5.56 Å². The number of hydrogen-bond acceptors (Lipinski definition) is 0. The predicted octanol–water partition coefficient (Wildman–Crippen LogP) is 5.28. The van der Waals surface area contributed by atoms with E-state index in [0.29, 0.717) is 0 Å². The van der Waals surface area contributed by atoms with Crippen LogP contribution in [0.1, 0.15) is 70.9 Å². The van der Waals surface area contributed by atoms with Gasteiger partial charge < -0.3 is 0 Å². The van der Waals surface area contributed by atoms with Gasteiger partial charge in [-0.1, -0.05) is 65.3 Å². The van der Waals surface area contributed by atoms with Gasteiger partial charge in [-0.05, 0) is 35.3 Å². The fourth-order valence-electron chi connectivity index (χ4n) is 2.46. The summed E-state index contributed by atoms with van der Waals surface area (Å²) in [5.41, 5.74) is 3.35. The first-order valence-corrected chi connectivity index (χ1v) is 6.60. The molecule has 90 valence electrons. The zero-order valence-electron chi connectivity index (χ0n) is 11.5. The highest BCUT2D eigenvalue weighted by atomic mass is 14.3. The van der Waals surface area contributed by atoms with Gasteiger partial charge in [0.25, 0.3) is 0 Å². The van der Waals surface area contributed by atoms with E-state index < -0.39 is 0 Å². The second-order valence-corrected chi connectivity index (χ2v) is 5.73. The average molecular weight is 218 g/mol. The highest BCUT2D eigenvalue weighted by Crippen LogP contribution is 2.34. The van der Waals surface area contributed by atoms with Crippen LogP contribution in [0.4, 0.5) is 0 Å². The predicted molar refractivity (Wildman–Crippen MR) is 73.1 cm³/mol. The fourth-order valence-corrected chi connectivity index (χ4v) is 2.46. The summed E-state index contributed by atoms with van der Waals surface area (Å²) in [7, 11) is 0. The maximum Gasteiger partial charge on any atom is -0.0129 e. The minimum atomic E-state index is 0.262. The van der Waals surface area contributed by atoms with Gasteiger partial charge in [-0.3, -0.25) is 0 Å². The lowest BCUT2D eigenvalue weighted by atomic mass is 9.78. The van der Waals surface area contributed by atoms with Crippen molar-refractivity contribution in [3.05, 3.63) is 35.4 Å². The van der Waals surface area contributed by atoms with Crippen LogP contribution in [-0.4, -0.2) is 0 Å². The van der Waals surface area contributed by atoms with Gasteiger partial charge in [-0.15, -0.1) is 0 Å². The number of rotatable bonds is 4. The van der Waals surface area contributed by atoms with E-state index in [4.69, 9.17) is 0 Å². The first-order valence-electron chi connectivity index (χ1n) is 6.60. The Kier molecular flexibility index (Phi) is 4.58. The van der Waals surface area contributed by atoms with Crippen molar-refractivity contribution in [1.82, 2.24) is 0 Å². The first-order chi connectivity index (χ1) is 7.50. The molecule has 0 heterocycles. The maximum atomic E-state index is 2.32. The van der Waals surface area contributed by atoms with Crippen molar-refractivity contribution in [3.8, 4) is 0 Å². The van der Waals surface area contributed by atoms with Gasteiger partial charge >= 0.3 is 0 Å². The van der Waals surface area contributed by atoms with Crippen LogP contribution < -0.4 is 0 Å². The Morgan fingerprint density at radius 1 is 1.06 bits per heavy atom. The molecule has 0 aliphatic rings. The maximum absolute atomic E-state index is 2.32. The van der Waals surface area contributed by atoms with E-state index in [1.807, 2.05) is 0 Å². The molecule has 0 saturated carbocycles. The quantitative estimate of drug-likeness (QED) is 0.645. The van der Waals surface area contributed by atoms with Crippen LogP contribution in [0.25, 0.3) is 0 Å². The molecule has 0 aliphatic heterocycles. The summed E-state index contributed by atoms with van der Waals surface area (Å²) in [6.07, 6.45) is 3.83. The molecule has 0 nitrogen and oxygen atoms in total. The molecule has 1 aromatic rings. The summed E-state index contributed by atoms with van der Waals surface area (Å²) >= 11 is 0. The number of benzene rings is 1. The molecule has 0 heteroatoms. The molecule has 0 radical (unpaired) electrons. The average Bonchev–Trinajstić information content (AvgIpc) is 2.25. The molecule has 16 heavy (non-hydrogen) atoms. The molecule has 0 spiro atoms. The molecule has 0 amide bonds. The van der Waals surface area contributed by atoms with Crippen LogP contribution in [0.2, 0.25) is 0 Å².